The van der Waals surface area contributed by atoms with E-state index >= 15 is 0 Å². The molecule has 2 N–H and O–H groups in total. The Balaban J connectivity index is 1.37. The lowest BCUT2D eigenvalue weighted by molar-refractivity contribution is -0.123. The molecule has 0 aliphatic rings. The van der Waals surface area contributed by atoms with Crippen molar-refractivity contribution >= 4 is 44.7 Å². The van der Waals surface area contributed by atoms with Gasteiger partial charge in [0.1, 0.15) is 23.4 Å². The van der Waals surface area contributed by atoms with Gasteiger partial charge in [0.2, 0.25) is 17.7 Å². The average Bonchev–Trinajstić information content (AvgIpc) is 3.21. The molecule has 156 valence electrons. The lowest BCUT2D eigenvalue weighted by atomic mass is 10.2. The summed E-state index contributed by atoms with van der Waals surface area (Å²) in [6.45, 7) is 0. The zero-order chi connectivity index (χ0) is 21.8. The van der Waals surface area contributed by atoms with E-state index in [4.69, 9.17) is 4.74 Å². The van der Waals surface area contributed by atoms with Gasteiger partial charge in [-0.3, -0.25) is 9.59 Å². The summed E-state index contributed by atoms with van der Waals surface area (Å²) in [5.41, 5.74) is 0.518. The van der Waals surface area contributed by atoms with Crippen LogP contribution in [0.25, 0.3) is 10.2 Å². The Kier molecular flexibility index (Phi) is 5.80. The molecule has 31 heavy (non-hydrogen) atoms. The Morgan fingerprint density at radius 1 is 0.935 bits per heavy atom. The highest BCUT2D eigenvalue weighted by Gasteiger charge is 2.14. The van der Waals surface area contributed by atoms with Gasteiger partial charge in [0, 0.05) is 17.4 Å². The topological polar surface area (TPSA) is 93.2 Å². The molecule has 0 saturated carbocycles. The molecule has 0 atom stereocenters. The van der Waals surface area contributed by atoms with Gasteiger partial charge in [-0.05, 0) is 47.8 Å². The van der Waals surface area contributed by atoms with Crippen LogP contribution in [0, 0.1) is 11.6 Å². The highest BCUT2D eigenvalue weighted by Crippen LogP contribution is 2.31. The first-order chi connectivity index (χ1) is 15.0. The van der Waals surface area contributed by atoms with Gasteiger partial charge < -0.3 is 15.4 Å². The molecule has 2 amide bonds. The van der Waals surface area contributed by atoms with Gasteiger partial charge in [-0.1, -0.05) is 0 Å². The van der Waals surface area contributed by atoms with E-state index in [1.54, 1.807) is 6.07 Å². The first kappa shape index (κ1) is 20.4. The molecule has 0 fully saturated rings. The summed E-state index contributed by atoms with van der Waals surface area (Å²) in [7, 11) is 0. The number of halogens is 2. The second-order valence-electron chi connectivity index (χ2n) is 6.35. The Bertz CT molecular complexity index is 1260. The largest absolute Gasteiger partial charge is 0.435 e. The summed E-state index contributed by atoms with van der Waals surface area (Å²) in [6, 6.07) is 10.8. The van der Waals surface area contributed by atoms with Gasteiger partial charge in [0.05, 0.1) is 5.39 Å². The minimum Gasteiger partial charge on any atom is -0.435 e. The second-order valence-corrected chi connectivity index (χ2v) is 7.24. The Labute approximate surface area is 178 Å². The monoisotopic (exact) mass is 440 g/mol. The van der Waals surface area contributed by atoms with E-state index in [1.807, 2.05) is 5.38 Å². The van der Waals surface area contributed by atoms with Gasteiger partial charge in [0.15, 0.2) is 11.6 Å². The van der Waals surface area contributed by atoms with Crippen LogP contribution in [0.2, 0.25) is 0 Å². The molecule has 0 bridgehead atoms. The maximum absolute atomic E-state index is 14.5. The fraction of sp³-hybridized carbons (Fsp3) is 0.0476. The molecule has 2 aromatic carbocycles. The molecular formula is C21H14F2N4O3S. The molecule has 4 aromatic rings. The zero-order valence-corrected chi connectivity index (χ0v) is 16.6. The number of thiophene rings is 1. The first-order valence-corrected chi connectivity index (χ1v) is 9.87. The number of nitrogens with one attached hydrogen (secondary N) is 2. The molecule has 0 unspecified atom stereocenters. The van der Waals surface area contributed by atoms with Crippen molar-refractivity contribution in [2.45, 2.75) is 6.42 Å². The Morgan fingerprint density at radius 3 is 2.39 bits per heavy atom. The third kappa shape index (κ3) is 4.98. The van der Waals surface area contributed by atoms with Crippen LogP contribution in [-0.4, -0.2) is 21.8 Å². The number of nitrogens with zero attached hydrogens (tertiary/aromatic N) is 2. The summed E-state index contributed by atoms with van der Waals surface area (Å²) in [5.74, 6) is -2.23. The van der Waals surface area contributed by atoms with Crippen molar-refractivity contribution in [2.24, 2.45) is 0 Å². The van der Waals surface area contributed by atoms with Crippen LogP contribution in [0.5, 0.6) is 11.6 Å². The summed E-state index contributed by atoms with van der Waals surface area (Å²) in [4.78, 5) is 32.9. The Morgan fingerprint density at radius 2 is 1.65 bits per heavy atom. The molecule has 0 aliphatic heterocycles. The van der Waals surface area contributed by atoms with Gasteiger partial charge in [0.25, 0.3) is 0 Å². The van der Waals surface area contributed by atoms with E-state index < -0.39 is 29.9 Å². The maximum atomic E-state index is 14.5. The molecule has 10 heteroatoms. The van der Waals surface area contributed by atoms with Crippen molar-refractivity contribution < 1.29 is 23.1 Å². The number of carbonyl (C=O) groups excluding carboxylic acids is 2. The number of ether oxygens (including phenoxy) is 1. The summed E-state index contributed by atoms with van der Waals surface area (Å²) >= 11 is 1.41. The van der Waals surface area contributed by atoms with Crippen LogP contribution in [0.4, 0.5) is 20.2 Å². The minimum atomic E-state index is -0.712. The normalized spacial score (nSPS) is 10.6. The summed E-state index contributed by atoms with van der Waals surface area (Å²) in [6.07, 6.45) is 0.839. The fourth-order valence-corrected chi connectivity index (χ4v) is 3.43. The van der Waals surface area contributed by atoms with E-state index in [0.717, 1.165) is 6.07 Å². The van der Waals surface area contributed by atoms with Crippen molar-refractivity contribution in [3.63, 3.8) is 0 Å². The van der Waals surface area contributed by atoms with Gasteiger partial charge >= 0.3 is 0 Å². The fourth-order valence-electron chi connectivity index (χ4n) is 2.70. The van der Waals surface area contributed by atoms with Gasteiger partial charge in [-0.15, -0.1) is 11.3 Å². The molecule has 0 aliphatic carbocycles. The number of hydrogen-bond donors (Lipinski definition) is 2. The average molecular weight is 440 g/mol. The number of rotatable bonds is 6. The first-order valence-electron chi connectivity index (χ1n) is 8.99. The zero-order valence-electron chi connectivity index (χ0n) is 15.8. The number of carbonyl (C=O) groups is 2. The van der Waals surface area contributed by atoms with E-state index in [1.165, 1.54) is 54.1 Å². The number of amides is 2. The SMILES string of the molecule is O=C(CC(=O)Nc1ccc(Oc2ncnc3sccc23)c(F)c1)Nc1ccc(F)cc1. The molecular weight excluding hydrogens is 426 g/mol. The lowest BCUT2D eigenvalue weighted by Gasteiger charge is -2.10. The second kappa shape index (κ2) is 8.84. The van der Waals surface area contributed by atoms with Crippen LogP contribution >= 0.6 is 11.3 Å². The molecule has 0 spiro atoms. The van der Waals surface area contributed by atoms with E-state index in [2.05, 4.69) is 20.6 Å². The number of anilines is 2. The van der Waals surface area contributed by atoms with Crippen molar-refractivity contribution in [1.82, 2.24) is 9.97 Å². The molecule has 0 saturated heterocycles. The summed E-state index contributed by atoms with van der Waals surface area (Å²) in [5, 5.41) is 7.41. The molecule has 2 heterocycles. The molecule has 0 radical (unpaired) electrons. The lowest BCUT2D eigenvalue weighted by Crippen LogP contribution is -2.21. The predicted molar refractivity (Wildman–Crippen MR) is 112 cm³/mol. The van der Waals surface area contributed by atoms with Gasteiger partial charge in [-0.25, -0.2) is 18.7 Å². The number of hydrogen-bond acceptors (Lipinski definition) is 6. The van der Waals surface area contributed by atoms with Crippen LogP contribution in [-0.2, 0) is 9.59 Å². The highest BCUT2D eigenvalue weighted by atomic mass is 32.1. The van der Waals surface area contributed by atoms with Crippen LogP contribution in [0.3, 0.4) is 0 Å². The number of benzene rings is 2. The third-order valence-electron chi connectivity index (χ3n) is 4.10. The van der Waals surface area contributed by atoms with Crippen molar-refractivity contribution in [3.05, 3.63) is 71.9 Å². The van der Waals surface area contributed by atoms with E-state index in [0.29, 0.717) is 15.9 Å². The highest BCUT2D eigenvalue weighted by molar-refractivity contribution is 7.16. The van der Waals surface area contributed by atoms with Crippen LogP contribution in [0.1, 0.15) is 6.42 Å². The third-order valence-corrected chi connectivity index (χ3v) is 4.92. The maximum Gasteiger partial charge on any atom is 0.233 e. The van der Waals surface area contributed by atoms with Crippen molar-refractivity contribution in [1.29, 1.82) is 0 Å². The van der Waals surface area contributed by atoms with Crippen LogP contribution < -0.4 is 15.4 Å². The minimum absolute atomic E-state index is 0.0711. The smallest absolute Gasteiger partial charge is 0.233 e. The molecule has 4 rings (SSSR count). The summed E-state index contributed by atoms with van der Waals surface area (Å²) < 4.78 is 32.9. The molecule has 7 nitrogen and oxygen atoms in total. The van der Waals surface area contributed by atoms with Crippen LogP contribution in [0.15, 0.2) is 60.2 Å². The van der Waals surface area contributed by atoms with E-state index in [-0.39, 0.29) is 17.3 Å². The van der Waals surface area contributed by atoms with Crippen molar-refractivity contribution in [3.8, 4) is 11.6 Å². The standard InChI is InChI=1S/C21H14F2N4O3S/c22-12-1-3-13(4-2-12)26-18(28)10-19(29)27-14-5-6-17(16(23)9-14)30-20-15-7-8-31-21(15)25-11-24-20/h1-9,11H,10H2,(H,26,28)(H,27,29). The molecule has 2 aromatic heterocycles. The van der Waals surface area contributed by atoms with Crippen molar-refractivity contribution in [2.75, 3.05) is 10.6 Å². The number of fused-ring (bicyclic) bond motifs is 1. The Hall–Kier alpha value is -3.92. The van der Waals surface area contributed by atoms with E-state index in [9.17, 15) is 18.4 Å². The number of aromatic nitrogens is 2. The predicted octanol–water partition coefficient (Wildman–Crippen LogP) is 4.73. The quantitative estimate of drug-likeness (QED) is 0.423. The van der Waals surface area contributed by atoms with Gasteiger partial charge in [-0.2, -0.15) is 0 Å².